The second-order valence-electron chi connectivity index (χ2n) is 6.55. The topological polar surface area (TPSA) is 58.6 Å². The third-order valence-corrected chi connectivity index (χ3v) is 6.24. The Morgan fingerprint density at radius 1 is 1.08 bits per heavy atom. The molecule has 1 aliphatic carbocycles. The fourth-order valence-electron chi connectivity index (χ4n) is 3.40. The largest absolute Gasteiger partial charge is 0.496 e. The maximum absolute atomic E-state index is 12.9. The number of methoxy groups -OCH3 is 1. The van der Waals surface area contributed by atoms with Crippen LogP contribution in [0.1, 0.15) is 17.5 Å². The van der Waals surface area contributed by atoms with Crippen molar-refractivity contribution in [3.8, 4) is 5.75 Å². The molecule has 25 heavy (non-hydrogen) atoms. The van der Waals surface area contributed by atoms with E-state index in [-0.39, 0.29) is 0 Å². The van der Waals surface area contributed by atoms with E-state index in [0.29, 0.717) is 16.6 Å². The zero-order chi connectivity index (χ0) is 18.0. The van der Waals surface area contributed by atoms with Gasteiger partial charge in [0.15, 0.2) is 0 Å². The van der Waals surface area contributed by atoms with Gasteiger partial charge in [-0.15, -0.1) is 0 Å². The number of nitrogens with one attached hydrogen (secondary N) is 1. The van der Waals surface area contributed by atoms with Crippen LogP contribution >= 0.6 is 0 Å². The van der Waals surface area contributed by atoms with Crippen molar-refractivity contribution in [1.29, 1.82) is 0 Å². The van der Waals surface area contributed by atoms with Crippen molar-refractivity contribution in [2.75, 3.05) is 25.9 Å². The van der Waals surface area contributed by atoms with Gasteiger partial charge in [0.1, 0.15) is 5.75 Å². The Kier molecular flexibility index (Phi) is 5.01. The first-order valence-electron chi connectivity index (χ1n) is 8.35. The molecule has 0 unspecified atom stereocenters. The van der Waals surface area contributed by atoms with Gasteiger partial charge in [-0.3, -0.25) is 4.72 Å². The van der Waals surface area contributed by atoms with Gasteiger partial charge in [-0.1, -0.05) is 18.2 Å². The van der Waals surface area contributed by atoms with Crippen molar-refractivity contribution < 1.29 is 13.2 Å². The molecule has 6 heteroatoms. The second-order valence-corrected chi connectivity index (χ2v) is 8.21. The van der Waals surface area contributed by atoms with Gasteiger partial charge in [0, 0.05) is 17.3 Å². The summed E-state index contributed by atoms with van der Waals surface area (Å²) in [6, 6.07) is 12.8. The molecule has 0 bridgehead atoms. The Morgan fingerprint density at radius 3 is 2.44 bits per heavy atom. The van der Waals surface area contributed by atoms with Crippen LogP contribution in [0.4, 0.5) is 5.69 Å². The van der Waals surface area contributed by atoms with Gasteiger partial charge in [-0.05, 0) is 63.2 Å². The zero-order valence-electron chi connectivity index (χ0n) is 14.8. The van der Waals surface area contributed by atoms with Crippen molar-refractivity contribution in [3.63, 3.8) is 0 Å². The molecule has 0 saturated heterocycles. The minimum atomic E-state index is -3.64. The van der Waals surface area contributed by atoms with E-state index < -0.39 is 10.0 Å². The number of para-hydroxylation sites is 1. The standard InChI is InChI=1S/C19H24N2O3S/c1-21(2)15-9-10-16-17(13-15)18(24-3)11-12-19(16)25(22,23)20-14-7-5-4-6-8-14/h4-8,11-12,15,20H,9-10,13H2,1-3H3/t15-/m1/s1. The summed E-state index contributed by atoms with van der Waals surface area (Å²) < 4.78 is 34.0. The highest BCUT2D eigenvalue weighted by atomic mass is 32.2. The SMILES string of the molecule is COc1ccc(S(=O)(=O)Nc2ccccc2)c2c1C[C@H](N(C)C)CC2. The van der Waals surface area contributed by atoms with Gasteiger partial charge >= 0.3 is 0 Å². The predicted octanol–water partition coefficient (Wildman–Crippen LogP) is 2.91. The fourth-order valence-corrected chi connectivity index (χ4v) is 4.75. The van der Waals surface area contributed by atoms with E-state index in [1.165, 1.54) is 0 Å². The number of benzene rings is 2. The molecule has 0 radical (unpaired) electrons. The van der Waals surface area contributed by atoms with E-state index in [1.54, 1.807) is 31.4 Å². The average molecular weight is 360 g/mol. The van der Waals surface area contributed by atoms with Crippen molar-refractivity contribution in [3.05, 3.63) is 53.6 Å². The molecular weight excluding hydrogens is 336 g/mol. The van der Waals surface area contributed by atoms with Crippen molar-refractivity contribution >= 4 is 15.7 Å². The molecule has 2 aromatic rings. The summed E-state index contributed by atoms with van der Waals surface area (Å²) in [5.41, 5.74) is 2.44. The van der Waals surface area contributed by atoms with Crippen LogP contribution in [-0.2, 0) is 22.9 Å². The Balaban J connectivity index is 2.02. The van der Waals surface area contributed by atoms with Gasteiger partial charge in [-0.2, -0.15) is 0 Å². The molecule has 0 amide bonds. The molecule has 1 N–H and O–H groups in total. The number of sulfonamides is 1. The normalized spacial score (nSPS) is 17.2. The van der Waals surface area contributed by atoms with E-state index in [9.17, 15) is 8.42 Å². The van der Waals surface area contributed by atoms with Gasteiger partial charge in [0.2, 0.25) is 0 Å². The van der Waals surface area contributed by atoms with Gasteiger partial charge in [0.25, 0.3) is 10.0 Å². The summed E-state index contributed by atoms with van der Waals surface area (Å²) in [6.07, 6.45) is 2.45. The Labute approximate surface area is 149 Å². The van der Waals surface area contributed by atoms with E-state index in [1.807, 2.05) is 18.2 Å². The predicted molar refractivity (Wildman–Crippen MR) is 99.7 cm³/mol. The van der Waals surface area contributed by atoms with Crippen molar-refractivity contribution in [2.24, 2.45) is 0 Å². The van der Waals surface area contributed by atoms with Crippen LogP contribution in [0.2, 0.25) is 0 Å². The smallest absolute Gasteiger partial charge is 0.262 e. The van der Waals surface area contributed by atoms with Gasteiger partial charge in [-0.25, -0.2) is 8.42 Å². The van der Waals surface area contributed by atoms with Gasteiger partial charge < -0.3 is 9.64 Å². The molecule has 1 atom stereocenters. The Bertz CT molecular complexity index is 848. The van der Waals surface area contributed by atoms with Crippen LogP contribution in [0.15, 0.2) is 47.4 Å². The van der Waals surface area contributed by atoms with Crippen LogP contribution in [0.25, 0.3) is 0 Å². The first-order valence-corrected chi connectivity index (χ1v) is 9.83. The third-order valence-electron chi connectivity index (χ3n) is 4.78. The molecule has 0 aromatic heterocycles. The number of rotatable bonds is 5. The molecule has 0 saturated carbocycles. The lowest BCUT2D eigenvalue weighted by Gasteiger charge is -2.31. The molecule has 0 aliphatic heterocycles. The number of hydrogen-bond donors (Lipinski definition) is 1. The minimum Gasteiger partial charge on any atom is -0.496 e. The van der Waals surface area contributed by atoms with Crippen molar-refractivity contribution in [1.82, 2.24) is 4.90 Å². The van der Waals surface area contributed by atoms with E-state index >= 15 is 0 Å². The maximum Gasteiger partial charge on any atom is 0.262 e. The third kappa shape index (κ3) is 3.65. The highest BCUT2D eigenvalue weighted by molar-refractivity contribution is 7.92. The molecule has 0 fully saturated rings. The number of likely N-dealkylation sites (N-methyl/N-ethyl adjacent to an activating group) is 1. The van der Waals surface area contributed by atoms with E-state index in [2.05, 4.69) is 23.7 Å². The van der Waals surface area contributed by atoms with Crippen LogP contribution < -0.4 is 9.46 Å². The quantitative estimate of drug-likeness (QED) is 0.891. The lowest BCUT2D eigenvalue weighted by molar-refractivity contribution is 0.263. The maximum atomic E-state index is 12.9. The molecule has 5 nitrogen and oxygen atoms in total. The summed E-state index contributed by atoms with van der Waals surface area (Å²) in [5.74, 6) is 0.764. The molecule has 1 aliphatic rings. The van der Waals surface area contributed by atoms with Crippen LogP contribution in [-0.4, -0.2) is 40.6 Å². The first kappa shape index (κ1) is 17.8. The zero-order valence-corrected chi connectivity index (χ0v) is 15.6. The Hall–Kier alpha value is -2.05. The lowest BCUT2D eigenvalue weighted by Crippen LogP contribution is -2.34. The molecule has 134 valence electrons. The minimum absolute atomic E-state index is 0.351. The fraction of sp³-hybridized carbons (Fsp3) is 0.368. The number of nitrogens with zero attached hydrogens (tertiary/aromatic N) is 1. The molecule has 3 rings (SSSR count). The highest BCUT2D eigenvalue weighted by Crippen LogP contribution is 2.35. The second kappa shape index (κ2) is 7.06. The first-order chi connectivity index (χ1) is 11.9. The average Bonchev–Trinajstić information content (AvgIpc) is 2.60. The summed E-state index contributed by atoms with van der Waals surface area (Å²) in [5, 5.41) is 0. The molecule has 2 aromatic carbocycles. The Morgan fingerprint density at radius 2 is 1.80 bits per heavy atom. The monoisotopic (exact) mass is 360 g/mol. The summed E-state index contributed by atoms with van der Waals surface area (Å²) in [7, 11) is 2.10. The van der Waals surface area contributed by atoms with E-state index in [4.69, 9.17) is 4.74 Å². The number of ether oxygens (including phenoxy) is 1. The van der Waals surface area contributed by atoms with E-state index in [0.717, 1.165) is 36.1 Å². The van der Waals surface area contributed by atoms with Crippen LogP contribution in [0.5, 0.6) is 5.75 Å². The van der Waals surface area contributed by atoms with Gasteiger partial charge in [0.05, 0.1) is 12.0 Å². The molecule has 0 heterocycles. The lowest BCUT2D eigenvalue weighted by atomic mass is 9.87. The highest BCUT2D eigenvalue weighted by Gasteiger charge is 2.29. The number of hydrogen-bond acceptors (Lipinski definition) is 4. The van der Waals surface area contributed by atoms with Crippen LogP contribution in [0, 0.1) is 0 Å². The summed E-state index contributed by atoms with van der Waals surface area (Å²) in [4.78, 5) is 2.54. The van der Waals surface area contributed by atoms with Crippen LogP contribution in [0.3, 0.4) is 0 Å². The summed E-state index contributed by atoms with van der Waals surface area (Å²) in [6.45, 7) is 0. The molecular formula is C19H24N2O3S. The van der Waals surface area contributed by atoms with Crippen molar-refractivity contribution in [2.45, 2.75) is 30.2 Å². The molecule has 0 spiro atoms. The number of fused-ring (bicyclic) bond motifs is 1. The summed E-state index contributed by atoms with van der Waals surface area (Å²) >= 11 is 0. The number of anilines is 1.